The molecule has 0 unspecified atom stereocenters. The summed E-state index contributed by atoms with van der Waals surface area (Å²) in [6.07, 6.45) is -4.60. The first-order chi connectivity index (χ1) is 12.1. The van der Waals surface area contributed by atoms with Gasteiger partial charge in [-0.2, -0.15) is 13.2 Å². The molecule has 0 atom stereocenters. The first-order valence-electron chi connectivity index (χ1n) is 8.15. The lowest BCUT2D eigenvalue weighted by atomic mass is 10.0. The highest BCUT2D eigenvalue weighted by molar-refractivity contribution is 6.15. The van der Waals surface area contributed by atoms with E-state index in [0.29, 0.717) is 0 Å². The van der Waals surface area contributed by atoms with Gasteiger partial charge in [0.15, 0.2) is 5.57 Å². The summed E-state index contributed by atoms with van der Waals surface area (Å²) >= 11 is 0. The van der Waals surface area contributed by atoms with Crippen LogP contribution in [0.5, 0.6) is 0 Å². The number of nitrogens with one attached hydrogen (secondary N) is 1. The van der Waals surface area contributed by atoms with Gasteiger partial charge in [-0.15, -0.1) is 0 Å². The number of carbonyl (C=O) groups excluding carboxylic acids is 2. The Balaban J connectivity index is 3.50. The van der Waals surface area contributed by atoms with Gasteiger partial charge in [-0.25, -0.2) is 9.59 Å². The number of hydrogen-bond acceptors (Lipinski definition) is 5. The van der Waals surface area contributed by atoms with Gasteiger partial charge in [0.05, 0.1) is 24.5 Å². The molecule has 0 heterocycles. The number of halogens is 3. The summed E-state index contributed by atoms with van der Waals surface area (Å²) in [6, 6.07) is 4.81. The van der Waals surface area contributed by atoms with Gasteiger partial charge >= 0.3 is 18.1 Å². The second kappa shape index (κ2) is 9.26. The van der Waals surface area contributed by atoms with Crippen molar-refractivity contribution in [3.63, 3.8) is 0 Å². The van der Waals surface area contributed by atoms with Gasteiger partial charge in [-0.05, 0) is 31.9 Å². The standard InChI is InChI=1S/C18H22F3NO4/c1-5-25-16(23)14(17(24)26-6-2)15(11(3)4)22-13-10-8-7-9-12(13)18(19,20)21/h7-11,22H,5-6H2,1-4H3. The van der Waals surface area contributed by atoms with E-state index in [0.717, 1.165) is 6.07 Å². The van der Waals surface area contributed by atoms with Gasteiger partial charge in [0.1, 0.15) is 0 Å². The fourth-order valence-electron chi connectivity index (χ4n) is 2.19. The molecule has 1 aromatic carbocycles. The largest absolute Gasteiger partial charge is 0.462 e. The van der Waals surface area contributed by atoms with Crippen LogP contribution in [0.25, 0.3) is 0 Å². The molecule has 144 valence electrons. The molecule has 0 amide bonds. The molecule has 0 fully saturated rings. The Morgan fingerprint density at radius 1 is 1.04 bits per heavy atom. The predicted molar refractivity (Wildman–Crippen MR) is 90.2 cm³/mol. The Morgan fingerprint density at radius 3 is 1.96 bits per heavy atom. The smallest absolute Gasteiger partial charge is 0.418 e. The van der Waals surface area contributed by atoms with Crippen molar-refractivity contribution in [1.29, 1.82) is 0 Å². The zero-order valence-electron chi connectivity index (χ0n) is 15.1. The molecule has 0 aliphatic rings. The van der Waals surface area contributed by atoms with Crippen LogP contribution in [0.2, 0.25) is 0 Å². The number of carbonyl (C=O) groups is 2. The van der Waals surface area contributed by atoms with E-state index in [4.69, 9.17) is 9.47 Å². The normalized spacial score (nSPS) is 11.1. The molecule has 0 spiro atoms. The Hall–Kier alpha value is -2.51. The third kappa shape index (κ3) is 5.50. The van der Waals surface area contributed by atoms with Gasteiger partial charge in [0, 0.05) is 5.70 Å². The van der Waals surface area contributed by atoms with Gasteiger partial charge in [0.25, 0.3) is 0 Å². The van der Waals surface area contributed by atoms with Crippen molar-refractivity contribution in [2.75, 3.05) is 18.5 Å². The van der Waals surface area contributed by atoms with E-state index in [-0.39, 0.29) is 24.6 Å². The lowest BCUT2D eigenvalue weighted by Gasteiger charge is -2.21. The number of allylic oxidation sites excluding steroid dienone is 1. The average Bonchev–Trinajstić information content (AvgIpc) is 2.54. The Kier molecular flexibility index (Phi) is 7.67. The van der Waals surface area contributed by atoms with E-state index in [9.17, 15) is 22.8 Å². The number of alkyl halides is 3. The van der Waals surface area contributed by atoms with Crippen LogP contribution in [0.4, 0.5) is 18.9 Å². The molecule has 26 heavy (non-hydrogen) atoms. The third-order valence-electron chi connectivity index (χ3n) is 3.31. The lowest BCUT2D eigenvalue weighted by molar-refractivity contribution is -0.146. The average molecular weight is 373 g/mol. The SMILES string of the molecule is CCOC(=O)C(C(=O)OCC)=C(Nc1ccccc1C(F)(F)F)C(C)C. The van der Waals surface area contributed by atoms with Gasteiger partial charge < -0.3 is 14.8 Å². The van der Waals surface area contributed by atoms with Crippen molar-refractivity contribution in [1.82, 2.24) is 0 Å². The van der Waals surface area contributed by atoms with Crippen LogP contribution in [0.15, 0.2) is 35.5 Å². The number of hydrogen-bond donors (Lipinski definition) is 1. The van der Waals surface area contributed by atoms with E-state index < -0.39 is 35.2 Å². The summed E-state index contributed by atoms with van der Waals surface area (Å²) in [5.74, 6) is -2.38. The number of rotatable bonds is 7. The van der Waals surface area contributed by atoms with Crippen LogP contribution in [-0.2, 0) is 25.2 Å². The molecule has 0 aliphatic carbocycles. The van der Waals surface area contributed by atoms with Crippen molar-refractivity contribution < 1.29 is 32.2 Å². The summed E-state index contributed by atoms with van der Waals surface area (Å²) in [5.41, 5.74) is -1.63. The van der Waals surface area contributed by atoms with Crippen molar-refractivity contribution in [3.8, 4) is 0 Å². The zero-order chi connectivity index (χ0) is 19.9. The molecule has 0 bridgehead atoms. The summed E-state index contributed by atoms with van der Waals surface area (Å²) in [6.45, 7) is 6.40. The fourth-order valence-corrected chi connectivity index (χ4v) is 2.19. The first-order valence-corrected chi connectivity index (χ1v) is 8.15. The third-order valence-corrected chi connectivity index (χ3v) is 3.31. The van der Waals surface area contributed by atoms with Gasteiger partial charge in [-0.3, -0.25) is 0 Å². The highest BCUT2D eigenvalue weighted by Gasteiger charge is 2.34. The molecule has 0 radical (unpaired) electrons. The summed E-state index contributed by atoms with van der Waals surface area (Å²) in [4.78, 5) is 24.5. The van der Waals surface area contributed by atoms with Crippen LogP contribution in [0, 0.1) is 5.92 Å². The lowest BCUT2D eigenvalue weighted by Crippen LogP contribution is -2.25. The van der Waals surface area contributed by atoms with Crippen LogP contribution in [-0.4, -0.2) is 25.2 Å². The number of anilines is 1. The molecule has 0 saturated carbocycles. The van der Waals surface area contributed by atoms with Crippen LogP contribution in [0.3, 0.4) is 0 Å². The van der Waals surface area contributed by atoms with Crippen LogP contribution in [0.1, 0.15) is 33.3 Å². The predicted octanol–water partition coefficient (Wildman–Crippen LogP) is 4.15. The molecule has 8 heteroatoms. The molecular formula is C18H22F3NO4. The van der Waals surface area contributed by atoms with E-state index in [1.165, 1.54) is 18.2 Å². The Morgan fingerprint density at radius 2 is 1.54 bits per heavy atom. The highest BCUT2D eigenvalue weighted by atomic mass is 19.4. The first kappa shape index (κ1) is 21.5. The second-order valence-electron chi connectivity index (χ2n) is 5.55. The number of esters is 2. The number of benzene rings is 1. The monoisotopic (exact) mass is 373 g/mol. The maximum atomic E-state index is 13.2. The molecule has 5 nitrogen and oxygen atoms in total. The molecular weight excluding hydrogens is 351 g/mol. The minimum Gasteiger partial charge on any atom is -0.462 e. The van der Waals surface area contributed by atoms with Crippen LogP contribution < -0.4 is 5.32 Å². The summed E-state index contributed by atoms with van der Waals surface area (Å²) in [5, 5.41) is 2.59. The van der Waals surface area contributed by atoms with Crippen LogP contribution >= 0.6 is 0 Å². The summed E-state index contributed by atoms with van der Waals surface area (Å²) in [7, 11) is 0. The Bertz CT molecular complexity index is 661. The van der Waals surface area contributed by atoms with E-state index >= 15 is 0 Å². The maximum Gasteiger partial charge on any atom is 0.418 e. The van der Waals surface area contributed by atoms with Crippen molar-refractivity contribution >= 4 is 17.6 Å². The molecule has 1 N–H and O–H groups in total. The summed E-state index contributed by atoms with van der Waals surface area (Å²) < 4.78 is 49.4. The van der Waals surface area contributed by atoms with Crippen molar-refractivity contribution in [2.45, 2.75) is 33.9 Å². The minimum absolute atomic E-state index is 0.00130. The van der Waals surface area contributed by atoms with E-state index in [1.807, 2.05) is 0 Å². The minimum atomic E-state index is -4.60. The van der Waals surface area contributed by atoms with Gasteiger partial charge in [-0.1, -0.05) is 26.0 Å². The maximum absolute atomic E-state index is 13.2. The molecule has 0 aromatic heterocycles. The number of para-hydroxylation sites is 1. The Labute approximate surface area is 150 Å². The fraction of sp³-hybridized carbons (Fsp3) is 0.444. The molecule has 1 aromatic rings. The molecule has 1 rings (SSSR count). The van der Waals surface area contributed by atoms with Crippen molar-refractivity contribution in [2.24, 2.45) is 5.92 Å². The second-order valence-corrected chi connectivity index (χ2v) is 5.55. The topological polar surface area (TPSA) is 64.6 Å². The zero-order valence-corrected chi connectivity index (χ0v) is 15.1. The molecule has 0 saturated heterocycles. The van der Waals surface area contributed by atoms with Gasteiger partial charge in [0.2, 0.25) is 0 Å². The van der Waals surface area contributed by atoms with E-state index in [1.54, 1.807) is 27.7 Å². The molecule has 0 aliphatic heterocycles. The highest BCUT2D eigenvalue weighted by Crippen LogP contribution is 2.36. The quantitative estimate of drug-likeness (QED) is 0.337. The van der Waals surface area contributed by atoms with E-state index in [2.05, 4.69) is 5.32 Å². The van der Waals surface area contributed by atoms with Crippen molar-refractivity contribution in [3.05, 3.63) is 41.1 Å². The number of ether oxygens (including phenoxy) is 2.